The fourth-order valence-electron chi connectivity index (χ4n) is 4.46. The molecule has 0 unspecified atom stereocenters. The average molecular weight is 383 g/mol. The summed E-state index contributed by atoms with van der Waals surface area (Å²) in [5.74, 6) is -0.598. The second kappa shape index (κ2) is 7.47. The first-order valence-electron chi connectivity index (χ1n) is 9.89. The maximum absolute atomic E-state index is 13.5. The van der Waals surface area contributed by atoms with Crippen LogP contribution in [0.15, 0.2) is 30.3 Å². The number of anilines is 1. The Morgan fingerprint density at radius 3 is 2.63 bits per heavy atom. The monoisotopic (exact) mass is 382 g/mol. The van der Waals surface area contributed by atoms with Gasteiger partial charge in [-0.2, -0.15) is 0 Å². The third kappa shape index (κ3) is 3.41. The Balaban J connectivity index is 1.70. The number of fused-ring (bicyclic) bond motifs is 2. The summed E-state index contributed by atoms with van der Waals surface area (Å²) in [6.07, 6.45) is 7.72. The molecule has 1 aromatic carbocycles. The van der Waals surface area contributed by atoms with Crippen molar-refractivity contribution in [3.05, 3.63) is 51.2 Å². The SMILES string of the molecule is C[C@@H]1C[C@H](C(N)=O)c2ccccc2N1C(=O)c1cc2c(s1)CCCCCC2. The highest BCUT2D eigenvalue weighted by Crippen LogP contribution is 2.40. The van der Waals surface area contributed by atoms with E-state index in [1.165, 1.54) is 36.1 Å². The van der Waals surface area contributed by atoms with E-state index in [9.17, 15) is 9.59 Å². The molecule has 1 aromatic heterocycles. The summed E-state index contributed by atoms with van der Waals surface area (Å²) in [5, 5.41) is 0. The van der Waals surface area contributed by atoms with Crippen molar-refractivity contribution < 1.29 is 9.59 Å². The van der Waals surface area contributed by atoms with Crippen LogP contribution in [0.25, 0.3) is 0 Å². The van der Waals surface area contributed by atoms with E-state index >= 15 is 0 Å². The van der Waals surface area contributed by atoms with Gasteiger partial charge in [-0.25, -0.2) is 0 Å². The summed E-state index contributed by atoms with van der Waals surface area (Å²) in [5.41, 5.74) is 8.68. The van der Waals surface area contributed by atoms with Crippen molar-refractivity contribution in [1.82, 2.24) is 0 Å². The summed E-state index contributed by atoms with van der Waals surface area (Å²) >= 11 is 1.66. The van der Waals surface area contributed by atoms with Crippen LogP contribution in [0.5, 0.6) is 0 Å². The number of nitrogens with two attached hydrogens (primary N) is 1. The van der Waals surface area contributed by atoms with E-state index in [2.05, 4.69) is 6.07 Å². The van der Waals surface area contributed by atoms with Gasteiger partial charge in [0.2, 0.25) is 5.91 Å². The summed E-state index contributed by atoms with van der Waals surface area (Å²) < 4.78 is 0. The van der Waals surface area contributed by atoms with Crippen molar-refractivity contribution in [2.45, 2.75) is 63.8 Å². The van der Waals surface area contributed by atoms with Crippen LogP contribution < -0.4 is 10.6 Å². The Hall–Kier alpha value is -2.14. The van der Waals surface area contributed by atoms with Gasteiger partial charge in [0.05, 0.1) is 10.8 Å². The predicted octanol–water partition coefficient (Wildman–Crippen LogP) is 4.42. The minimum atomic E-state index is -0.330. The molecular formula is C22H26N2O2S. The van der Waals surface area contributed by atoms with E-state index < -0.39 is 0 Å². The number of carbonyl (C=O) groups excluding carboxylic acids is 2. The first-order chi connectivity index (χ1) is 13.1. The molecule has 4 nitrogen and oxygen atoms in total. The molecule has 0 fully saturated rings. The maximum atomic E-state index is 13.5. The molecule has 142 valence electrons. The molecule has 1 aliphatic carbocycles. The lowest BCUT2D eigenvalue weighted by Crippen LogP contribution is -2.45. The minimum absolute atomic E-state index is 0.0506. The molecule has 2 amide bonds. The van der Waals surface area contributed by atoms with Crippen LogP contribution in [-0.2, 0) is 17.6 Å². The van der Waals surface area contributed by atoms with E-state index in [1.807, 2.05) is 36.1 Å². The Morgan fingerprint density at radius 2 is 1.85 bits per heavy atom. The average Bonchev–Trinajstić information content (AvgIpc) is 3.02. The minimum Gasteiger partial charge on any atom is -0.369 e. The smallest absolute Gasteiger partial charge is 0.268 e. The number of aryl methyl sites for hydroxylation is 2. The third-order valence-electron chi connectivity index (χ3n) is 5.86. The van der Waals surface area contributed by atoms with Gasteiger partial charge in [-0.3, -0.25) is 9.59 Å². The highest BCUT2D eigenvalue weighted by Gasteiger charge is 2.36. The number of para-hydroxylation sites is 1. The standard InChI is InChI=1S/C22H26N2O2S/c1-14-12-17(21(23)25)16-9-6-7-10-18(16)24(14)22(26)20-13-15-8-4-2-3-5-11-19(15)27-20/h6-7,9-10,13-14,17H,2-5,8,11-12H2,1H3,(H2,23,25)/t14-,17+/m1/s1. The molecule has 2 atom stereocenters. The lowest BCUT2D eigenvalue weighted by molar-refractivity contribution is -0.119. The first kappa shape index (κ1) is 18.2. The number of rotatable bonds is 2. The fourth-order valence-corrected chi connectivity index (χ4v) is 5.65. The van der Waals surface area contributed by atoms with E-state index in [4.69, 9.17) is 5.73 Å². The van der Waals surface area contributed by atoms with Crippen molar-refractivity contribution >= 4 is 28.8 Å². The van der Waals surface area contributed by atoms with Gasteiger partial charge in [-0.1, -0.05) is 31.0 Å². The zero-order valence-corrected chi connectivity index (χ0v) is 16.6. The number of primary amides is 1. The second-order valence-corrected chi connectivity index (χ2v) is 8.88. The number of benzene rings is 1. The number of thiophene rings is 1. The largest absolute Gasteiger partial charge is 0.369 e. The van der Waals surface area contributed by atoms with Crippen molar-refractivity contribution in [3.63, 3.8) is 0 Å². The van der Waals surface area contributed by atoms with Gasteiger partial charge in [0, 0.05) is 16.6 Å². The summed E-state index contributed by atoms with van der Waals surface area (Å²) in [6, 6.07) is 9.73. The van der Waals surface area contributed by atoms with Crippen molar-refractivity contribution in [2.75, 3.05) is 4.90 Å². The van der Waals surface area contributed by atoms with Crippen molar-refractivity contribution in [1.29, 1.82) is 0 Å². The van der Waals surface area contributed by atoms with E-state index in [1.54, 1.807) is 11.3 Å². The molecule has 2 aliphatic rings. The molecular weight excluding hydrogens is 356 g/mol. The highest BCUT2D eigenvalue weighted by atomic mass is 32.1. The normalized spacial score (nSPS) is 22.3. The van der Waals surface area contributed by atoms with Crippen molar-refractivity contribution in [2.24, 2.45) is 5.73 Å². The summed E-state index contributed by atoms with van der Waals surface area (Å²) in [6.45, 7) is 2.01. The molecule has 0 saturated heterocycles. The molecule has 5 heteroatoms. The molecule has 27 heavy (non-hydrogen) atoms. The maximum Gasteiger partial charge on any atom is 0.268 e. The lowest BCUT2D eigenvalue weighted by Gasteiger charge is -2.38. The summed E-state index contributed by atoms with van der Waals surface area (Å²) in [7, 11) is 0. The van der Waals surface area contributed by atoms with Gasteiger partial charge >= 0.3 is 0 Å². The fraction of sp³-hybridized carbons (Fsp3) is 0.455. The Bertz CT molecular complexity index is 847. The molecule has 4 rings (SSSR count). The summed E-state index contributed by atoms with van der Waals surface area (Å²) in [4.78, 5) is 29.5. The predicted molar refractivity (Wildman–Crippen MR) is 109 cm³/mol. The van der Waals surface area contributed by atoms with Crippen LogP contribution in [0.3, 0.4) is 0 Å². The number of carbonyl (C=O) groups is 2. The molecule has 1 aliphatic heterocycles. The Labute approximate surface area is 164 Å². The molecule has 0 spiro atoms. The molecule has 0 bridgehead atoms. The number of hydrogen-bond acceptors (Lipinski definition) is 3. The number of nitrogens with zero attached hydrogens (tertiary/aromatic N) is 1. The molecule has 2 heterocycles. The third-order valence-corrected chi connectivity index (χ3v) is 7.08. The molecule has 0 radical (unpaired) electrons. The molecule has 0 saturated carbocycles. The van der Waals surface area contributed by atoms with Crippen LogP contribution in [0.2, 0.25) is 0 Å². The Morgan fingerprint density at radius 1 is 1.11 bits per heavy atom. The quantitative estimate of drug-likeness (QED) is 0.836. The van der Waals surface area contributed by atoms with E-state index in [0.29, 0.717) is 6.42 Å². The zero-order chi connectivity index (χ0) is 19.0. The topological polar surface area (TPSA) is 63.4 Å². The van der Waals surface area contributed by atoms with Crippen LogP contribution in [0, 0.1) is 0 Å². The van der Waals surface area contributed by atoms with Gasteiger partial charge in [0.15, 0.2) is 0 Å². The van der Waals surface area contributed by atoms with E-state index in [-0.39, 0.29) is 23.8 Å². The van der Waals surface area contributed by atoms with Gasteiger partial charge in [0.25, 0.3) is 5.91 Å². The van der Waals surface area contributed by atoms with Crippen LogP contribution >= 0.6 is 11.3 Å². The second-order valence-electron chi connectivity index (χ2n) is 7.75. The van der Waals surface area contributed by atoms with Gasteiger partial charge in [-0.05, 0) is 62.3 Å². The lowest BCUT2D eigenvalue weighted by atomic mass is 9.85. The van der Waals surface area contributed by atoms with Gasteiger partial charge in [0.1, 0.15) is 0 Å². The molecule has 2 N–H and O–H groups in total. The zero-order valence-electron chi connectivity index (χ0n) is 15.7. The van der Waals surface area contributed by atoms with Crippen LogP contribution in [-0.4, -0.2) is 17.9 Å². The highest BCUT2D eigenvalue weighted by molar-refractivity contribution is 7.14. The van der Waals surface area contributed by atoms with Gasteiger partial charge < -0.3 is 10.6 Å². The molecule has 2 aromatic rings. The van der Waals surface area contributed by atoms with Crippen molar-refractivity contribution in [3.8, 4) is 0 Å². The first-order valence-corrected chi connectivity index (χ1v) is 10.7. The van der Waals surface area contributed by atoms with Crippen LogP contribution in [0.1, 0.15) is 70.6 Å². The van der Waals surface area contributed by atoms with Crippen LogP contribution in [0.4, 0.5) is 5.69 Å². The Kier molecular flexibility index (Phi) is 5.04. The van der Waals surface area contributed by atoms with Gasteiger partial charge in [-0.15, -0.1) is 11.3 Å². The van der Waals surface area contributed by atoms with E-state index in [0.717, 1.165) is 29.0 Å². The number of amides is 2. The number of hydrogen-bond donors (Lipinski definition) is 1.